The molecule has 3 nitrogen and oxygen atoms in total. The molecule has 2 aromatic rings. The number of hydrogen-bond acceptors (Lipinski definition) is 4. The molecule has 1 atom stereocenters. The lowest BCUT2D eigenvalue weighted by molar-refractivity contribution is -0.141. The average Bonchev–Trinajstić information content (AvgIpc) is 2.82. The van der Waals surface area contributed by atoms with Crippen molar-refractivity contribution in [3.05, 3.63) is 65.7 Å². The van der Waals surface area contributed by atoms with Gasteiger partial charge < -0.3 is 4.74 Å². The van der Waals surface area contributed by atoms with Gasteiger partial charge in [-0.2, -0.15) is 0 Å². The fourth-order valence-corrected chi connectivity index (χ4v) is 4.03. The first-order chi connectivity index (χ1) is 10.2. The van der Waals surface area contributed by atoms with Gasteiger partial charge in [-0.15, -0.1) is 11.8 Å². The normalized spacial score (nSPS) is 20.1. The molecular weight excluding hydrogens is 284 g/mol. The number of thioether (sulfide) groups is 1. The molecule has 21 heavy (non-hydrogen) atoms. The van der Waals surface area contributed by atoms with Crippen LogP contribution in [0.1, 0.15) is 22.3 Å². The van der Waals surface area contributed by atoms with E-state index in [4.69, 9.17) is 4.74 Å². The van der Waals surface area contributed by atoms with Gasteiger partial charge in [0.05, 0.1) is 13.5 Å². The van der Waals surface area contributed by atoms with E-state index in [1.807, 2.05) is 54.6 Å². The lowest BCUT2D eigenvalue weighted by Crippen LogP contribution is -2.32. The van der Waals surface area contributed by atoms with Crippen LogP contribution >= 0.6 is 11.8 Å². The molecule has 1 aliphatic heterocycles. The van der Waals surface area contributed by atoms with Crippen molar-refractivity contribution in [2.75, 3.05) is 7.11 Å². The van der Waals surface area contributed by atoms with Gasteiger partial charge in [-0.05, 0) is 11.6 Å². The van der Waals surface area contributed by atoms with Crippen molar-refractivity contribution in [2.45, 2.75) is 16.1 Å². The van der Waals surface area contributed by atoms with Crippen LogP contribution in [0.4, 0.5) is 0 Å². The lowest BCUT2D eigenvalue weighted by atomic mass is 9.87. The molecule has 2 aromatic carbocycles. The Bertz CT molecular complexity index is 696. The van der Waals surface area contributed by atoms with Crippen molar-refractivity contribution >= 4 is 23.5 Å². The van der Waals surface area contributed by atoms with Crippen LogP contribution in [0.5, 0.6) is 0 Å². The maximum atomic E-state index is 12.9. The summed E-state index contributed by atoms with van der Waals surface area (Å²) >= 11 is 1.44. The molecule has 0 saturated carbocycles. The number of carbonyl (C=O) groups is 2. The van der Waals surface area contributed by atoms with E-state index in [2.05, 4.69) is 0 Å². The molecule has 0 N–H and O–H groups in total. The number of ketones is 1. The minimum absolute atomic E-state index is 0.0281. The highest BCUT2D eigenvalue weighted by molar-refractivity contribution is 8.01. The van der Waals surface area contributed by atoms with E-state index >= 15 is 0 Å². The summed E-state index contributed by atoms with van der Waals surface area (Å²) in [5.74, 6) is -0.410. The Balaban J connectivity index is 2.12. The summed E-state index contributed by atoms with van der Waals surface area (Å²) in [6, 6.07) is 16.9. The first-order valence-electron chi connectivity index (χ1n) is 6.62. The molecule has 0 spiro atoms. The van der Waals surface area contributed by atoms with Crippen LogP contribution < -0.4 is 0 Å². The van der Waals surface area contributed by atoms with Gasteiger partial charge in [-0.3, -0.25) is 9.59 Å². The Hall–Kier alpha value is -2.07. The summed E-state index contributed by atoms with van der Waals surface area (Å²) < 4.78 is 3.88. The Labute approximate surface area is 127 Å². The molecule has 4 heteroatoms. The monoisotopic (exact) mass is 298 g/mol. The molecule has 3 rings (SSSR count). The summed E-state index contributed by atoms with van der Waals surface area (Å²) in [6.07, 6.45) is 0.0334. The number of rotatable bonds is 3. The molecule has 0 radical (unpaired) electrons. The number of carbonyl (C=O) groups excluding carboxylic acids is 2. The summed E-state index contributed by atoms with van der Waals surface area (Å²) in [4.78, 5) is 25.7. The molecule has 0 unspecified atom stereocenters. The topological polar surface area (TPSA) is 43.4 Å². The Morgan fingerprint density at radius 1 is 1.10 bits per heavy atom. The van der Waals surface area contributed by atoms with E-state index in [1.54, 1.807) is 0 Å². The quantitative estimate of drug-likeness (QED) is 0.814. The number of esters is 1. The van der Waals surface area contributed by atoms with Crippen molar-refractivity contribution in [3.63, 3.8) is 0 Å². The van der Waals surface area contributed by atoms with Gasteiger partial charge >= 0.3 is 5.97 Å². The Morgan fingerprint density at radius 3 is 2.43 bits per heavy atom. The fraction of sp³-hybridized carbons (Fsp3) is 0.176. The van der Waals surface area contributed by atoms with E-state index < -0.39 is 4.75 Å². The number of ether oxygens (including phenoxy) is 1. The number of benzene rings is 2. The zero-order valence-electron chi connectivity index (χ0n) is 11.5. The minimum atomic E-state index is -0.919. The Morgan fingerprint density at radius 2 is 1.76 bits per heavy atom. The molecule has 1 heterocycles. The highest BCUT2D eigenvalue weighted by Crippen LogP contribution is 2.53. The highest BCUT2D eigenvalue weighted by Gasteiger charge is 2.49. The third kappa shape index (κ3) is 2.25. The zero-order valence-corrected chi connectivity index (χ0v) is 12.4. The number of hydrogen-bond donors (Lipinski definition) is 0. The van der Waals surface area contributed by atoms with E-state index in [0.717, 1.165) is 10.5 Å². The molecule has 0 aromatic heterocycles. The second-order valence-electron chi connectivity index (χ2n) is 4.87. The molecule has 1 aliphatic rings. The molecule has 0 aliphatic carbocycles. The summed E-state index contributed by atoms with van der Waals surface area (Å²) in [5.41, 5.74) is 1.51. The number of fused-ring (bicyclic) bond motifs is 1. The van der Waals surface area contributed by atoms with Crippen molar-refractivity contribution < 1.29 is 14.3 Å². The van der Waals surface area contributed by atoms with Crippen LogP contribution in [0, 0.1) is 0 Å². The van der Waals surface area contributed by atoms with Crippen LogP contribution in [0.2, 0.25) is 0 Å². The van der Waals surface area contributed by atoms with Crippen molar-refractivity contribution in [2.24, 2.45) is 0 Å². The molecular formula is C17H14O3S. The molecule has 0 saturated heterocycles. The highest BCUT2D eigenvalue weighted by atomic mass is 32.2. The van der Waals surface area contributed by atoms with Gasteiger partial charge in [0.15, 0.2) is 5.78 Å². The number of Topliss-reactive ketones (excluding diaryl/α,β-unsaturated/α-hetero) is 1. The second-order valence-corrected chi connectivity index (χ2v) is 6.21. The predicted molar refractivity (Wildman–Crippen MR) is 81.4 cm³/mol. The zero-order chi connectivity index (χ0) is 14.9. The van der Waals surface area contributed by atoms with Gasteiger partial charge in [0, 0.05) is 10.5 Å². The first-order valence-corrected chi connectivity index (χ1v) is 7.44. The predicted octanol–water partition coefficient (Wildman–Crippen LogP) is 3.43. The van der Waals surface area contributed by atoms with Crippen molar-refractivity contribution in [1.82, 2.24) is 0 Å². The lowest BCUT2D eigenvalue weighted by Gasteiger charge is -2.25. The van der Waals surface area contributed by atoms with E-state index in [-0.39, 0.29) is 18.2 Å². The van der Waals surface area contributed by atoms with Crippen molar-refractivity contribution in [1.29, 1.82) is 0 Å². The van der Waals surface area contributed by atoms with Gasteiger partial charge in [-0.25, -0.2) is 0 Å². The van der Waals surface area contributed by atoms with Gasteiger partial charge in [0.1, 0.15) is 4.75 Å². The van der Waals surface area contributed by atoms with Crippen LogP contribution in [0.15, 0.2) is 59.5 Å². The minimum Gasteiger partial charge on any atom is -0.469 e. The fourth-order valence-electron chi connectivity index (χ4n) is 2.59. The van der Waals surface area contributed by atoms with Crippen LogP contribution in [0.25, 0.3) is 0 Å². The van der Waals surface area contributed by atoms with E-state index in [0.29, 0.717) is 5.56 Å². The third-order valence-corrected chi connectivity index (χ3v) is 5.13. The van der Waals surface area contributed by atoms with E-state index in [9.17, 15) is 9.59 Å². The maximum absolute atomic E-state index is 12.9. The van der Waals surface area contributed by atoms with Gasteiger partial charge in [0.25, 0.3) is 0 Å². The molecule has 0 bridgehead atoms. The summed E-state index contributed by atoms with van der Waals surface area (Å²) in [6.45, 7) is 0. The SMILES string of the molecule is COC(=O)C[C@@]1(c2ccccc2)Sc2ccccc2C1=O. The summed E-state index contributed by atoms with van der Waals surface area (Å²) in [7, 11) is 1.35. The van der Waals surface area contributed by atoms with Crippen LogP contribution in [-0.2, 0) is 14.3 Å². The van der Waals surface area contributed by atoms with Gasteiger partial charge in [0.2, 0.25) is 0 Å². The maximum Gasteiger partial charge on any atom is 0.307 e. The number of methoxy groups -OCH3 is 1. The average molecular weight is 298 g/mol. The van der Waals surface area contributed by atoms with Crippen LogP contribution in [0.3, 0.4) is 0 Å². The first kappa shape index (κ1) is 13.9. The smallest absolute Gasteiger partial charge is 0.307 e. The van der Waals surface area contributed by atoms with E-state index in [1.165, 1.54) is 18.9 Å². The van der Waals surface area contributed by atoms with Crippen molar-refractivity contribution in [3.8, 4) is 0 Å². The summed E-state index contributed by atoms with van der Waals surface area (Å²) in [5, 5.41) is 0. The van der Waals surface area contributed by atoms with Crippen LogP contribution in [-0.4, -0.2) is 18.9 Å². The molecule has 0 amide bonds. The largest absolute Gasteiger partial charge is 0.469 e. The standard InChI is InChI=1S/C17H14O3S/c1-20-15(18)11-17(12-7-3-2-4-8-12)16(19)13-9-5-6-10-14(13)21-17/h2-10H,11H2,1H3/t17-/m0/s1. The second kappa shape index (κ2) is 5.37. The Kier molecular flexibility index (Phi) is 3.55. The molecule has 106 valence electrons. The molecule has 0 fully saturated rings. The van der Waals surface area contributed by atoms with Gasteiger partial charge in [-0.1, -0.05) is 48.5 Å². The third-order valence-electron chi connectivity index (χ3n) is 3.64.